The van der Waals surface area contributed by atoms with Crippen molar-refractivity contribution < 1.29 is 22.4 Å². The van der Waals surface area contributed by atoms with Crippen molar-refractivity contribution in [2.75, 3.05) is 0 Å². The third-order valence-electron chi connectivity index (χ3n) is 2.23. The number of alkyl halides is 3. The highest BCUT2D eigenvalue weighted by Gasteiger charge is 2.41. The van der Waals surface area contributed by atoms with Gasteiger partial charge in [0.1, 0.15) is 11.5 Å². The Kier molecular flexibility index (Phi) is 2.29. The number of rotatable bonds is 0. The summed E-state index contributed by atoms with van der Waals surface area (Å²) in [6.07, 6.45) is -1.43. The van der Waals surface area contributed by atoms with E-state index in [2.05, 4.69) is 4.99 Å². The van der Waals surface area contributed by atoms with Crippen LogP contribution in [0.2, 0.25) is 0 Å². The fourth-order valence-electron chi connectivity index (χ4n) is 1.46. The smallest absolute Gasteiger partial charge is 0.289 e. The minimum Gasteiger partial charge on any atom is -0.289 e. The summed E-state index contributed by atoms with van der Waals surface area (Å²) in [5.41, 5.74) is -0.655. The monoisotopic (exact) mass is 231 g/mol. The summed E-state index contributed by atoms with van der Waals surface area (Å²) in [5.74, 6) is -3.85. The molecule has 1 aliphatic heterocycles. The Morgan fingerprint density at radius 3 is 2.56 bits per heavy atom. The van der Waals surface area contributed by atoms with E-state index in [1.54, 1.807) is 0 Å². The molecule has 0 saturated carbocycles. The fraction of sp³-hybridized carbons (Fsp3) is 0.200. The van der Waals surface area contributed by atoms with E-state index >= 15 is 0 Å². The Morgan fingerprint density at radius 2 is 1.94 bits per heavy atom. The first-order valence-corrected chi connectivity index (χ1v) is 4.35. The lowest BCUT2D eigenvalue weighted by atomic mass is 9.90. The molecule has 84 valence electrons. The van der Waals surface area contributed by atoms with Crippen LogP contribution in [0.25, 0.3) is 0 Å². The van der Waals surface area contributed by atoms with E-state index in [4.69, 9.17) is 0 Å². The molecule has 1 unspecified atom stereocenters. The number of carbonyl (C=O) groups excluding carboxylic acids is 1. The lowest BCUT2D eigenvalue weighted by molar-refractivity contribution is -0.149. The van der Waals surface area contributed by atoms with Gasteiger partial charge in [0.25, 0.3) is 0 Å². The number of ketones is 1. The topological polar surface area (TPSA) is 29.4 Å². The Bertz CT molecular complexity index is 468. The van der Waals surface area contributed by atoms with Gasteiger partial charge in [-0.15, -0.1) is 0 Å². The molecule has 0 spiro atoms. The van der Waals surface area contributed by atoms with E-state index in [1.807, 2.05) is 0 Å². The second-order valence-corrected chi connectivity index (χ2v) is 3.32. The molecule has 2 rings (SSSR count). The zero-order valence-corrected chi connectivity index (χ0v) is 7.75. The summed E-state index contributed by atoms with van der Waals surface area (Å²) in [6, 6.07) is 0. The van der Waals surface area contributed by atoms with Gasteiger partial charge in [-0.25, -0.2) is 4.39 Å². The Morgan fingerprint density at radius 1 is 1.25 bits per heavy atom. The van der Waals surface area contributed by atoms with E-state index in [9.17, 15) is 22.4 Å². The van der Waals surface area contributed by atoms with Crippen LogP contribution in [0.3, 0.4) is 0 Å². The van der Waals surface area contributed by atoms with E-state index in [1.165, 1.54) is 0 Å². The molecule has 0 amide bonds. The van der Waals surface area contributed by atoms with Crippen molar-refractivity contribution in [1.82, 2.24) is 0 Å². The number of allylic oxidation sites excluding steroid dienone is 5. The van der Waals surface area contributed by atoms with Crippen LogP contribution in [0.4, 0.5) is 17.6 Å². The number of halogens is 4. The minimum absolute atomic E-state index is 0.326. The van der Waals surface area contributed by atoms with Gasteiger partial charge in [0, 0.05) is 17.8 Å². The van der Waals surface area contributed by atoms with Crippen LogP contribution >= 0.6 is 0 Å². The van der Waals surface area contributed by atoms with Gasteiger partial charge in [0.15, 0.2) is 5.78 Å². The highest BCUT2D eigenvalue weighted by atomic mass is 19.4. The zero-order chi connectivity index (χ0) is 11.9. The second-order valence-electron chi connectivity index (χ2n) is 3.32. The summed E-state index contributed by atoms with van der Waals surface area (Å²) in [4.78, 5) is 14.8. The van der Waals surface area contributed by atoms with Crippen molar-refractivity contribution in [3.8, 4) is 0 Å². The third-order valence-corrected chi connectivity index (χ3v) is 2.23. The van der Waals surface area contributed by atoms with Crippen LogP contribution in [-0.4, -0.2) is 17.7 Å². The second kappa shape index (κ2) is 3.40. The molecule has 1 heterocycles. The van der Waals surface area contributed by atoms with Crippen LogP contribution in [0, 0.1) is 5.92 Å². The first-order valence-electron chi connectivity index (χ1n) is 4.35. The van der Waals surface area contributed by atoms with Crippen LogP contribution in [-0.2, 0) is 4.79 Å². The van der Waals surface area contributed by atoms with Crippen molar-refractivity contribution in [2.24, 2.45) is 10.9 Å². The van der Waals surface area contributed by atoms with Crippen LogP contribution < -0.4 is 0 Å². The molecule has 0 N–H and O–H groups in total. The molecule has 2 aliphatic rings. The molecule has 1 aliphatic carbocycles. The number of fused-ring (bicyclic) bond motifs is 1. The Labute approximate surface area is 87.7 Å². The normalized spacial score (nSPS) is 24.6. The molecule has 0 fully saturated rings. The maximum absolute atomic E-state index is 13.3. The van der Waals surface area contributed by atoms with Gasteiger partial charge in [0.2, 0.25) is 0 Å². The maximum atomic E-state index is 13.3. The fourth-order valence-corrected chi connectivity index (χ4v) is 1.46. The molecular formula is C10H5F4NO. The number of aliphatic imine (C=N–C) groups is 1. The molecule has 6 heteroatoms. The Balaban J connectivity index is 2.47. The summed E-state index contributed by atoms with van der Waals surface area (Å²) in [5, 5.41) is 0. The molecule has 0 aromatic rings. The average molecular weight is 231 g/mol. The standard InChI is InChI=1S/C10H5F4NO/c11-7-4-5(10(12,13)14)3-6-8(16)1-2-15-9(6)7/h1-5H. The quantitative estimate of drug-likeness (QED) is 0.589. The van der Waals surface area contributed by atoms with E-state index in [-0.39, 0.29) is 11.3 Å². The first kappa shape index (κ1) is 10.8. The van der Waals surface area contributed by atoms with Gasteiger partial charge in [0.05, 0.1) is 5.92 Å². The molecular weight excluding hydrogens is 226 g/mol. The molecule has 0 bridgehead atoms. The number of hydrogen-bond donors (Lipinski definition) is 0. The highest BCUT2D eigenvalue weighted by Crippen LogP contribution is 2.35. The van der Waals surface area contributed by atoms with Crippen molar-refractivity contribution in [1.29, 1.82) is 0 Å². The minimum atomic E-state index is -4.60. The van der Waals surface area contributed by atoms with Crippen LogP contribution in [0.15, 0.2) is 40.8 Å². The molecule has 0 aromatic heterocycles. The number of nitrogens with zero attached hydrogens (tertiary/aromatic N) is 1. The Hall–Kier alpha value is -1.72. The van der Waals surface area contributed by atoms with Gasteiger partial charge in [-0.3, -0.25) is 9.79 Å². The van der Waals surface area contributed by atoms with E-state index in [0.29, 0.717) is 12.2 Å². The molecule has 1 atom stereocenters. The van der Waals surface area contributed by atoms with Gasteiger partial charge in [-0.1, -0.05) is 6.08 Å². The molecule has 0 saturated heterocycles. The van der Waals surface area contributed by atoms with Crippen molar-refractivity contribution >= 4 is 11.5 Å². The van der Waals surface area contributed by atoms with Gasteiger partial charge in [-0.2, -0.15) is 13.2 Å². The summed E-state index contributed by atoms with van der Waals surface area (Å²) in [7, 11) is 0. The third kappa shape index (κ3) is 1.70. The SMILES string of the molecule is O=C1C=CN=C2C(F)=CC(C(F)(F)F)C=C12. The van der Waals surface area contributed by atoms with E-state index < -0.39 is 23.7 Å². The van der Waals surface area contributed by atoms with Crippen molar-refractivity contribution in [2.45, 2.75) is 6.18 Å². The predicted molar refractivity (Wildman–Crippen MR) is 48.4 cm³/mol. The summed E-state index contributed by atoms with van der Waals surface area (Å²) in [6.45, 7) is 0. The van der Waals surface area contributed by atoms with Gasteiger partial charge >= 0.3 is 6.18 Å². The predicted octanol–water partition coefficient (Wildman–Crippen LogP) is 2.50. The number of hydrogen-bond acceptors (Lipinski definition) is 2. The maximum Gasteiger partial charge on any atom is 0.398 e. The summed E-state index contributed by atoms with van der Waals surface area (Å²) < 4.78 is 50.4. The number of carbonyl (C=O) groups is 1. The van der Waals surface area contributed by atoms with Crippen molar-refractivity contribution in [3.05, 3.63) is 35.8 Å². The molecule has 0 radical (unpaired) electrons. The largest absolute Gasteiger partial charge is 0.398 e. The van der Waals surface area contributed by atoms with Gasteiger partial charge < -0.3 is 0 Å². The van der Waals surface area contributed by atoms with Crippen molar-refractivity contribution in [3.63, 3.8) is 0 Å². The van der Waals surface area contributed by atoms with Gasteiger partial charge in [-0.05, 0) is 6.08 Å². The first-order chi connectivity index (χ1) is 7.39. The lowest BCUT2D eigenvalue weighted by Crippen LogP contribution is -2.27. The van der Waals surface area contributed by atoms with E-state index in [0.717, 1.165) is 12.3 Å². The highest BCUT2D eigenvalue weighted by molar-refractivity contribution is 6.32. The zero-order valence-electron chi connectivity index (χ0n) is 7.75. The summed E-state index contributed by atoms with van der Waals surface area (Å²) >= 11 is 0. The lowest BCUT2D eigenvalue weighted by Gasteiger charge is -2.20. The molecule has 2 nitrogen and oxygen atoms in total. The average Bonchev–Trinajstić information content (AvgIpc) is 2.18. The molecule has 16 heavy (non-hydrogen) atoms. The molecule has 0 aromatic carbocycles. The van der Waals surface area contributed by atoms with Crippen LogP contribution in [0.1, 0.15) is 0 Å². The van der Waals surface area contributed by atoms with Crippen LogP contribution in [0.5, 0.6) is 0 Å².